The van der Waals surface area contributed by atoms with Crippen LogP contribution in [0, 0.1) is 0 Å². The van der Waals surface area contributed by atoms with Crippen LogP contribution < -0.4 is 10.2 Å². The number of nitrogens with one attached hydrogen (secondary N) is 1. The zero-order valence-corrected chi connectivity index (χ0v) is 13.2. The minimum absolute atomic E-state index is 0.00383. The van der Waals surface area contributed by atoms with E-state index in [2.05, 4.69) is 20.3 Å². The van der Waals surface area contributed by atoms with Crippen LogP contribution in [0.25, 0.3) is 0 Å². The molecule has 116 valence electrons. The van der Waals surface area contributed by atoms with E-state index in [1.807, 2.05) is 25.7 Å². The summed E-state index contributed by atoms with van der Waals surface area (Å²) in [7, 11) is 0. The largest absolute Gasteiger partial charge is 0.444 e. The van der Waals surface area contributed by atoms with Crippen LogP contribution in [0.4, 0.5) is 10.7 Å². The third-order valence-electron chi connectivity index (χ3n) is 2.95. The predicted molar refractivity (Wildman–Crippen MR) is 79.4 cm³/mol. The van der Waals surface area contributed by atoms with E-state index in [-0.39, 0.29) is 11.3 Å². The van der Waals surface area contributed by atoms with Gasteiger partial charge in [-0.05, 0) is 45.2 Å². The highest BCUT2D eigenvalue weighted by atomic mass is 35.5. The van der Waals surface area contributed by atoms with Gasteiger partial charge in [-0.2, -0.15) is 4.98 Å². The third-order valence-corrected chi connectivity index (χ3v) is 3.14. The second-order valence-electron chi connectivity index (χ2n) is 5.99. The van der Waals surface area contributed by atoms with E-state index < -0.39 is 11.7 Å². The highest BCUT2D eigenvalue weighted by Gasteiger charge is 2.25. The van der Waals surface area contributed by atoms with Gasteiger partial charge in [0.25, 0.3) is 0 Å². The first kappa shape index (κ1) is 15.8. The van der Waals surface area contributed by atoms with Gasteiger partial charge in [0.2, 0.25) is 11.2 Å². The smallest absolute Gasteiger partial charge is 0.407 e. The van der Waals surface area contributed by atoms with Crippen LogP contribution >= 0.6 is 11.6 Å². The lowest BCUT2D eigenvalue weighted by atomic mass is 10.1. The third kappa shape index (κ3) is 5.00. The highest BCUT2D eigenvalue weighted by Crippen LogP contribution is 2.17. The van der Waals surface area contributed by atoms with Crippen molar-refractivity contribution in [1.29, 1.82) is 0 Å². The zero-order chi connectivity index (χ0) is 15.5. The molecule has 0 radical (unpaired) electrons. The van der Waals surface area contributed by atoms with Gasteiger partial charge in [0.05, 0.1) is 0 Å². The summed E-state index contributed by atoms with van der Waals surface area (Å²) in [5.74, 6) is 0.533. The van der Waals surface area contributed by atoms with Crippen molar-refractivity contribution in [2.24, 2.45) is 0 Å². The number of piperidine rings is 1. The summed E-state index contributed by atoms with van der Waals surface area (Å²) in [4.78, 5) is 25.8. The number of ether oxygens (including phenoxy) is 1. The molecule has 2 rings (SSSR count). The van der Waals surface area contributed by atoms with Crippen molar-refractivity contribution < 1.29 is 9.53 Å². The molecule has 1 saturated heterocycles. The van der Waals surface area contributed by atoms with Crippen molar-refractivity contribution in [2.45, 2.75) is 45.3 Å². The molecule has 0 aliphatic carbocycles. The van der Waals surface area contributed by atoms with E-state index in [0.29, 0.717) is 12.5 Å². The van der Waals surface area contributed by atoms with Gasteiger partial charge >= 0.3 is 6.09 Å². The van der Waals surface area contributed by atoms with Crippen LogP contribution in [0.2, 0.25) is 5.28 Å². The summed E-state index contributed by atoms with van der Waals surface area (Å²) in [5, 5.41) is 3.05. The van der Waals surface area contributed by atoms with E-state index in [9.17, 15) is 4.79 Å². The Balaban J connectivity index is 1.93. The van der Waals surface area contributed by atoms with Crippen LogP contribution in [0.5, 0.6) is 0 Å². The first-order valence-corrected chi connectivity index (χ1v) is 7.30. The predicted octanol–water partition coefficient (Wildman–Crippen LogP) is 2.02. The Kier molecular flexibility index (Phi) is 4.82. The Bertz CT molecular complexity index is 506. The van der Waals surface area contributed by atoms with Gasteiger partial charge in [-0.1, -0.05) is 0 Å². The zero-order valence-electron chi connectivity index (χ0n) is 12.5. The number of carbonyl (C=O) groups is 1. The average Bonchev–Trinajstić information content (AvgIpc) is 2.36. The Morgan fingerprint density at radius 2 is 2.24 bits per heavy atom. The topological polar surface area (TPSA) is 80.2 Å². The van der Waals surface area contributed by atoms with Crippen molar-refractivity contribution in [3.05, 3.63) is 11.6 Å². The average molecular weight is 314 g/mol. The molecule has 1 aliphatic heterocycles. The van der Waals surface area contributed by atoms with Crippen molar-refractivity contribution in [1.82, 2.24) is 20.3 Å². The minimum Gasteiger partial charge on any atom is -0.444 e. The molecule has 0 saturated carbocycles. The van der Waals surface area contributed by atoms with Gasteiger partial charge in [0, 0.05) is 19.1 Å². The fraction of sp³-hybridized carbons (Fsp3) is 0.692. The molecule has 1 aliphatic rings. The van der Waals surface area contributed by atoms with Crippen LogP contribution in [-0.2, 0) is 4.74 Å². The molecule has 1 atom stereocenters. The Morgan fingerprint density at radius 3 is 2.90 bits per heavy atom. The molecular formula is C13H20ClN5O2. The van der Waals surface area contributed by atoms with Crippen molar-refractivity contribution in [3.8, 4) is 0 Å². The Morgan fingerprint density at radius 1 is 1.48 bits per heavy atom. The highest BCUT2D eigenvalue weighted by molar-refractivity contribution is 6.28. The fourth-order valence-corrected chi connectivity index (χ4v) is 2.29. The van der Waals surface area contributed by atoms with E-state index in [1.54, 1.807) is 0 Å². The molecule has 1 fully saturated rings. The summed E-state index contributed by atoms with van der Waals surface area (Å²) >= 11 is 5.78. The molecule has 0 aromatic carbocycles. The number of amides is 1. The number of halogens is 1. The number of nitrogens with zero attached hydrogens (tertiary/aromatic N) is 4. The van der Waals surface area contributed by atoms with Crippen LogP contribution in [-0.4, -0.2) is 45.8 Å². The summed E-state index contributed by atoms with van der Waals surface area (Å²) in [5.41, 5.74) is -0.500. The van der Waals surface area contributed by atoms with Gasteiger partial charge in [-0.3, -0.25) is 0 Å². The molecule has 0 bridgehead atoms. The fourth-order valence-electron chi connectivity index (χ4n) is 2.17. The number of aromatic nitrogens is 3. The Hall–Kier alpha value is -1.63. The van der Waals surface area contributed by atoms with Gasteiger partial charge in [-0.25, -0.2) is 14.8 Å². The molecule has 0 spiro atoms. The summed E-state index contributed by atoms with van der Waals surface area (Å²) in [6.07, 6.45) is 2.82. The van der Waals surface area contributed by atoms with Crippen molar-refractivity contribution in [2.75, 3.05) is 18.0 Å². The lowest BCUT2D eigenvalue weighted by molar-refractivity contribution is 0.0500. The molecule has 1 N–H and O–H groups in total. The van der Waals surface area contributed by atoms with Crippen molar-refractivity contribution >= 4 is 23.6 Å². The monoisotopic (exact) mass is 313 g/mol. The number of carbonyl (C=O) groups excluding carboxylic acids is 1. The van der Waals surface area contributed by atoms with Gasteiger partial charge in [0.1, 0.15) is 11.9 Å². The summed E-state index contributed by atoms with van der Waals surface area (Å²) in [6.45, 7) is 6.97. The first-order chi connectivity index (χ1) is 9.83. The molecule has 8 heteroatoms. The second-order valence-corrected chi connectivity index (χ2v) is 6.32. The molecule has 1 aromatic rings. The normalized spacial score (nSPS) is 19.2. The van der Waals surface area contributed by atoms with Gasteiger partial charge in [-0.15, -0.1) is 0 Å². The molecule has 2 heterocycles. The van der Waals surface area contributed by atoms with Gasteiger partial charge in [0.15, 0.2) is 0 Å². The number of hydrogen-bond donors (Lipinski definition) is 1. The van der Waals surface area contributed by atoms with E-state index >= 15 is 0 Å². The number of alkyl carbamates (subject to hydrolysis) is 1. The maximum atomic E-state index is 11.8. The molecule has 1 unspecified atom stereocenters. The molecule has 1 aromatic heterocycles. The molecule has 1 amide bonds. The number of rotatable bonds is 2. The van der Waals surface area contributed by atoms with Crippen molar-refractivity contribution in [3.63, 3.8) is 0 Å². The van der Waals surface area contributed by atoms with Crippen LogP contribution in [0.1, 0.15) is 33.6 Å². The maximum absolute atomic E-state index is 11.8. The number of anilines is 1. The standard InChI is InChI=1S/C13H20ClN5O2/c1-13(2,3)21-12(20)17-9-5-4-6-19(7-9)11-16-8-15-10(14)18-11/h8-9H,4-7H2,1-3H3,(H,17,20). The van der Waals surface area contributed by atoms with Crippen LogP contribution in [0.15, 0.2) is 6.33 Å². The number of hydrogen-bond acceptors (Lipinski definition) is 6. The molecule has 7 nitrogen and oxygen atoms in total. The van der Waals surface area contributed by atoms with E-state index in [0.717, 1.165) is 19.4 Å². The first-order valence-electron chi connectivity index (χ1n) is 6.92. The summed E-state index contributed by atoms with van der Waals surface area (Å²) < 4.78 is 5.27. The Labute approximate surface area is 129 Å². The van der Waals surface area contributed by atoms with Crippen LogP contribution in [0.3, 0.4) is 0 Å². The molecule has 21 heavy (non-hydrogen) atoms. The second kappa shape index (κ2) is 6.43. The lowest BCUT2D eigenvalue weighted by Crippen LogP contribution is -2.49. The maximum Gasteiger partial charge on any atom is 0.407 e. The molecular weight excluding hydrogens is 294 g/mol. The van der Waals surface area contributed by atoms with Gasteiger partial charge < -0.3 is 15.0 Å². The lowest BCUT2D eigenvalue weighted by Gasteiger charge is -2.33. The minimum atomic E-state index is -0.500. The summed E-state index contributed by atoms with van der Waals surface area (Å²) in [6, 6.07) is 0.00383. The quantitative estimate of drug-likeness (QED) is 0.899. The van der Waals surface area contributed by atoms with E-state index in [4.69, 9.17) is 16.3 Å². The SMILES string of the molecule is CC(C)(C)OC(=O)NC1CCCN(c2ncnc(Cl)n2)C1. The van der Waals surface area contributed by atoms with E-state index in [1.165, 1.54) is 6.33 Å².